The molecule has 0 amide bonds. The first-order chi connectivity index (χ1) is 16.2. The van der Waals surface area contributed by atoms with Gasteiger partial charge in [0.1, 0.15) is 12.2 Å². The van der Waals surface area contributed by atoms with E-state index in [4.69, 9.17) is 19.9 Å². The van der Waals surface area contributed by atoms with Crippen molar-refractivity contribution in [3.63, 3.8) is 0 Å². The van der Waals surface area contributed by atoms with Gasteiger partial charge in [0.15, 0.2) is 11.4 Å². The van der Waals surface area contributed by atoms with Crippen molar-refractivity contribution >= 4 is 23.3 Å². The molecule has 3 aromatic rings. The number of ether oxygens (including phenoxy) is 2. The fourth-order valence-corrected chi connectivity index (χ4v) is 3.16. The molecule has 4 unspecified atom stereocenters. The minimum Gasteiger partial charge on any atom is -0.595 e. The third-order valence-electron chi connectivity index (χ3n) is 5.15. The molecule has 3 aromatic carbocycles. The molecule has 0 spiro atoms. The zero-order chi connectivity index (χ0) is 24.8. The average Bonchev–Trinajstić information content (AvgIpc) is 2.84. The van der Waals surface area contributed by atoms with Gasteiger partial charge in [0.05, 0.1) is 11.1 Å². The summed E-state index contributed by atoms with van der Waals surface area (Å²) in [7, 11) is 0. The number of hydrogen-bond donors (Lipinski definition) is 4. The summed E-state index contributed by atoms with van der Waals surface area (Å²) in [6, 6.07) is 17.9. The summed E-state index contributed by atoms with van der Waals surface area (Å²) in [6.07, 6.45) is -1.23. The zero-order valence-electron chi connectivity index (χ0n) is 18.4. The Bertz CT molecular complexity index is 1040. The number of hydrogen-bond acceptors (Lipinski definition) is 8. The van der Waals surface area contributed by atoms with Crippen LogP contribution in [0.3, 0.4) is 0 Å². The van der Waals surface area contributed by atoms with Crippen LogP contribution in [0.5, 0.6) is 0 Å². The van der Waals surface area contributed by atoms with Crippen molar-refractivity contribution < 1.29 is 39.9 Å². The maximum atomic E-state index is 12.4. The fraction of sp³-hybridized carbons (Fsp3) is 0.167. The monoisotopic (exact) mass is 468 g/mol. The highest BCUT2D eigenvalue weighted by molar-refractivity contribution is 5.90. The molecular weight excluding hydrogens is 444 g/mol. The smallest absolute Gasteiger partial charge is 0.338 e. The van der Waals surface area contributed by atoms with Gasteiger partial charge in [0.25, 0.3) is 0 Å². The van der Waals surface area contributed by atoms with E-state index in [1.807, 2.05) is 0 Å². The molecule has 10 nitrogen and oxygen atoms in total. The number of carbonyl (C=O) groups is 2. The molecule has 34 heavy (non-hydrogen) atoms. The van der Waals surface area contributed by atoms with Crippen molar-refractivity contribution in [2.75, 3.05) is 0 Å². The molecule has 0 aliphatic rings. The first-order valence-electron chi connectivity index (χ1n) is 10.3. The number of benzene rings is 3. The lowest BCUT2D eigenvalue weighted by atomic mass is 10.0. The van der Waals surface area contributed by atoms with Crippen molar-refractivity contribution in [2.45, 2.75) is 26.1 Å². The Morgan fingerprint density at radius 2 is 1.06 bits per heavy atom. The Labute approximate surface area is 195 Å². The first kappa shape index (κ1) is 25.0. The highest BCUT2D eigenvalue weighted by Gasteiger charge is 2.18. The highest BCUT2D eigenvalue weighted by Crippen LogP contribution is 2.25. The van der Waals surface area contributed by atoms with Gasteiger partial charge in [-0.15, -0.1) is 0 Å². The first-order valence-corrected chi connectivity index (χ1v) is 10.3. The van der Waals surface area contributed by atoms with Gasteiger partial charge in [0.2, 0.25) is 0 Å². The molecule has 3 rings (SSSR count). The van der Waals surface area contributed by atoms with Crippen molar-refractivity contribution in [1.29, 1.82) is 0 Å². The van der Waals surface area contributed by atoms with Crippen LogP contribution in [0.25, 0.3) is 0 Å². The van der Waals surface area contributed by atoms with Crippen LogP contribution in [-0.4, -0.2) is 22.4 Å². The van der Waals surface area contributed by atoms with Crippen LogP contribution < -0.4 is 10.5 Å². The molecule has 4 atom stereocenters. The van der Waals surface area contributed by atoms with E-state index in [-0.39, 0.29) is 22.5 Å². The Balaban J connectivity index is 1.64. The second-order valence-corrected chi connectivity index (χ2v) is 7.53. The van der Waals surface area contributed by atoms with Crippen LogP contribution in [0.15, 0.2) is 72.8 Å². The maximum absolute atomic E-state index is 12.4. The molecule has 0 radical (unpaired) electrons. The number of esters is 2. The lowest BCUT2D eigenvalue weighted by molar-refractivity contribution is -0.991. The topological polar surface area (TPSA) is 148 Å². The van der Waals surface area contributed by atoms with Crippen molar-refractivity contribution in [3.8, 4) is 0 Å². The Hall–Kier alpha value is -3.64. The Morgan fingerprint density at radius 3 is 1.38 bits per heavy atom. The van der Waals surface area contributed by atoms with Crippen LogP contribution in [0.2, 0.25) is 0 Å². The lowest BCUT2D eigenvalue weighted by Gasteiger charge is -2.18. The summed E-state index contributed by atoms with van der Waals surface area (Å²) in [5.41, 5.74) is 1.95. The van der Waals surface area contributed by atoms with Crippen LogP contribution in [0, 0.1) is 10.4 Å². The minimum absolute atomic E-state index is 0.0682. The molecule has 178 valence electrons. The summed E-state index contributed by atoms with van der Waals surface area (Å²) >= 11 is 0. The standard InChI is InChI=1S/C24H24N2O8/c1-15(33-23(27)17-6-10-21(11-7-17)25(29)30)19-4-3-5-20(14-19)16(2)34-24(28)18-8-12-22(13-9-18)26(31)32/h3-16,25-26,29,31H,1-2H3. The zero-order valence-corrected chi connectivity index (χ0v) is 18.4. The van der Waals surface area contributed by atoms with E-state index in [0.717, 1.165) is 0 Å². The second-order valence-electron chi connectivity index (χ2n) is 7.53. The van der Waals surface area contributed by atoms with Crippen molar-refractivity contribution in [2.24, 2.45) is 0 Å². The summed E-state index contributed by atoms with van der Waals surface area (Å²) in [5.74, 6) is -1.20. The predicted molar refractivity (Wildman–Crippen MR) is 119 cm³/mol. The van der Waals surface area contributed by atoms with E-state index in [2.05, 4.69) is 0 Å². The third kappa shape index (κ3) is 6.23. The van der Waals surface area contributed by atoms with Gasteiger partial charge in [0, 0.05) is 24.3 Å². The normalized spacial score (nSPS) is 14.5. The van der Waals surface area contributed by atoms with Crippen LogP contribution in [0.4, 0.5) is 11.4 Å². The van der Waals surface area contributed by atoms with Crippen LogP contribution >= 0.6 is 0 Å². The van der Waals surface area contributed by atoms with Gasteiger partial charge in [-0.3, -0.25) is 0 Å². The van der Waals surface area contributed by atoms with Gasteiger partial charge in [-0.2, -0.15) is 10.5 Å². The van der Waals surface area contributed by atoms with Gasteiger partial charge in [-0.1, -0.05) is 18.2 Å². The van der Waals surface area contributed by atoms with E-state index in [9.17, 15) is 20.0 Å². The molecule has 0 aliphatic carbocycles. The molecular formula is C24H24N2O8. The van der Waals surface area contributed by atoms with E-state index in [1.165, 1.54) is 48.5 Å². The average molecular weight is 468 g/mol. The Kier molecular flexibility index (Phi) is 8.08. The molecule has 0 heterocycles. The van der Waals surface area contributed by atoms with Crippen molar-refractivity contribution in [1.82, 2.24) is 0 Å². The largest absolute Gasteiger partial charge is 0.595 e. The summed E-state index contributed by atoms with van der Waals surface area (Å²) < 4.78 is 11.0. The van der Waals surface area contributed by atoms with Crippen molar-refractivity contribution in [3.05, 3.63) is 105 Å². The summed E-state index contributed by atoms with van der Waals surface area (Å²) in [6.45, 7) is 3.40. The second kappa shape index (κ2) is 11.0. The summed E-state index contributed by atoms with van der Waals surface area (Å²) in [5, 5.41) is 37.6. The molecule has 0 bridgehead atoms. The number of rotatable bonds is 8. The SMILES string of the molecule is CC(OC(=O)c1ccc([NH+]([O-])O)cc1)c1cccc(C(C)OC(=O)c2ccc([NH+]([O-])O)cc2)c1. The molecule has 0 saturated carbocycles. The van der Waals surface area contributed by atoms with E-state index in [1.54, 1.807) is 38.1 Å². The number of nitrogens with one attached hydrogen (secondary N) is 2. The van der Waals surface area contributed by atoms with Gasteiger partial charge >= 0.3 is 11.9 Å². The molecule has 0 aromatic heterocycles. The number of quaternary nitrogens is 2. The van der Waals surface area contributed by atoms with Gasteiger partial charge in [-0.05, 0) is 55.3 Å². The maximum Gasteiger partial charge on any atom is 0.338 e. The molecule has 0 aliphatic heterocycles. The number of carbonyl (C=O) groups excluding carboxylic acids is 2. The fourth-order valence-electron chi connectivity index (χ4n) is 3.16. The third-order valence-corrected chi connectivity index (χ3v) is 5.15. The molecule has 0 fully saturated rings. The van der Waals surface area contributed by atoms with E-state index >= 15 is 0 Å². The van der Waals surface area contributed by atoms with Crippen LogP contribution in [0.1, 0.15) is 57.9 Å². The summed E-state index contributed by atoms with van der Waals surface area (Å²) in [4.78, 5) is 24.8. The lowest BCUT2D eigenvalue weighted by Crippen LogP contribution is -2.99. The van der Waals surface area contributed by atoms with Crippen LogP contribution in [-0.2, 0) is 9.47 Å². The predicted octanol–water partition coefficient (Wildman–Crippen LogP) is 2.33. The molecule has 4 N–H and O–H groups in total. The van der Waals surface area contributed by atoms with E-state index < -0.39 is 34.6 Å². The molecule has 10 heteroatoms. The highest BCUT2D eigenvalue weighted by atomic mass is 16.8. The molecule has 0 saturated heterocycles. The van der Waals surface area contributed by atoms with E-state index in [0.29, 0.717) is 11.1 Å². The van der Waals surface area contributed by atoms with Gasteiger partial charge in [-0.25, -0.2) is 20.0 Å². The quantitative estimate of drug-likeness (QED) is 0.291. The van der Waals surface area contributed by atoms with Gasteiger partial charge < -0.3 is 19.9 Å². The Morgan fingerprint density at radius 1 is 0.706 bits per heavy atom. The minimum atomic E-state index is -1.09.